The molecule has 0 saturated heterocycles. The van der Waals surface area contributed by atoms with Crippen molar-refractivity contribution in [2.45, 2.75) is 25.7 Å². The van der Waals surface area contributed by atoms with Crippen LogP contribution in [0.5, 0.6) is 0 Å². The Hall–Kier alpha value is -1.70. The summed E-state index contributed by atoms with van der Waals surface area (Å²) in [7, 11) is 0. The fourth-order valence-electron chi connectivity index (χ4n) is 2.67. The van der Waals surface area contributed by atoms with E-state index in [0.717, 1.165) is 24.1 Å². The summed E-state index contributed by atoms with van der Waals surface area (Å²) in [5, 5.41) is 0. The maximum absolute atomic E-state index is 13.4. The van der Waals surface area contributed by atoms with E-state index in [1.807, 2.05) is 18.3 Å². The van der Waals surface area contributed by atoms with E-state index in [4.69, 9.17) is 0 Å². The molecule has 0 saturated carbocycles. The summed E-state index contributed by atoms with van der Waals surface area (Å²) in [5.41, 5.74) is 4.74. The average Bonchev–Trinajstić information content (AvgIpc) is 2.49. The van der Waals surface area contributed by atoms with Crippen LogP contribution < -0.4 is 0 Å². The van der Waals surface area contributed by atoms with Gasteiger partial charge in [0, 0.05) is 17.8 Å². The van der Waals surface area contributed by atoms with Gasteiger partial charge in [0.2, 0.25) is 0 Å². The lowest BCUT2D eigenvalue weighted by Gasteiger charge is -2.14. The molecule has 1 nitrogen and oxygen atoms in total. The Bertz CT molecular complexity index is 563. The summed E-state index contributed by atoms with van der Waals surface area (Å²) < 4.78 is 13.4. The van der Waals surface area contributed by atoms with E-state index >= 15 is 0 Å². The SMILES string of the molecule is CC1c2cc(F)ccc2CCc2ncccc21. The van der Waals surface area contributed by atoms with Crippen molar-refractivity contribution in [2.24, 2.45) is 0 Å². The number of pyridine rings is 1. The van der Waals surface area contributed by atoms with Gasteiger partial charge in [0.25, 0.3) is 0 Å². The van der Waals surface area contributed by atoms with Crippen molar-refractivity contribution in [1.29, 1.82) is 0 Å². The van der Waals surface area contributed by atoms with Crippen LogP contribution >= 0.6 is 0 Å². The van der Waals surface area contributed by atoms with Crippen LogP contribution in [-0.4, -0.2) is 4.98 Å². The van der Waals surface area contributed by atoms with E-state index in [1.165, 1.54) is 11.1 Å². The van der Waals surface area contributed by atoms with E-state index in [0.29, 0.717) is 0 Å². The third-order valence-corrected chi connectivity index (χ3v) is 3.60. The molecule has 1 heterocycles. The molecule has 86 valence electrons. The third-order valence-electron chi connectivity index (χ3n) is 3.60. The van der Waals surface area contributed by atoms with Crippen LogP contribution in [0.1, 0.15) is 35.2 Å². The minimum atomic E-state index is -0.150. The average molecular weight is 227 g/mol. The Labute approximate surface area is 100 Å². The van der Waals surface area contributed by atoms with Gasteiger partial charge in [0.15, 0.2) is 0 Å². The van der Waals surface area contributed by atoms with Crippen molar-refractivity contribution in [1.82, 2.24) is 4.98 Å². The van der Waals surface area contributed by atoms with Crippen molar-refractivity contribution < 1.29 is 4.39 Å². The van der Waals surface area contributed by atoms with Gasteiger partial charge in [0.1, 0.15) is 5.82 Å². The third kappa shape index (κ3) is 1.74. The van der Waals surface area contributed by atoms with E-state index < -0.39 is 0 Å². The number of fused-ring (bicyclic) bond motifs is 2. The van der Waals surface area contributed by atoms with Gasteiger partial charge in [-0.05, 0) is 47.7 Å². The molecule has 1 aromatic heterocycles. The first-order chi connectivity index (χ1) is 8.25. The zero-order chi connectivity index (χ0) is 11.8. The van der Waals surface area contributed by atoms with Gasteiger partial charge in [0.05, 0.1) is 0 Å². The lowest BCUT2D eigenvalue weighted by Crippen LogP contribution is -2.00. The highest BCUT2D eigenvalue weighted by atomic mass is 19.1. The molecule has 1 aliphatic carbocycles. The molecule has 2 heteroatoms. The Morgan fingerprint density at radius 3 is 2.94 bits per heavy atom. The minimum absolute atomic E-state index is 0.150. The molecule has 17 heavy (non-hydrogen) atoms. The number of rotatable bonds is 0. The van der Waals surface area contributed by atoms with Crippen LogP contribution in [-0.2, 0) is 12.8 Å². The highest BCUT2D eigenvalue weighted by Crippen LogP contribution is 2.33. The second-order valence-electron chi connectivity index (χ2n) is 4.60. The van der Waals surface area contributed by atoms with Crippen LogP contribution in [0.2, 0.25) is 0 Å². The van der Waals surface area contributed by atoms with E-state index in [2.05, 4.69) is 18.0 Å². The molecule has 0 aliphatic heterocycles. The first kappa shape index (κ1) is 10.5. The summed E-state index contributed by atoms with van der Waals surface area (Å²) >= 11 is 0. The zero-order valence-electron chi connectivity index (χ0n) is 9.78. The van der Waals surface area contributed by atoms with Crippen LogP contribution in [0.4, 0.5) is 4.39 Å². The maximum Gasteiger partial charge on any atom is 0.123 e. The number of halogens is 1. The highest BCUT2D eigenvalue weighted by Gasteiger charge is 2.20. The number of hydrogen-bond acceptors (Lipinski definition) is 1. The molecule has 1 atom stereocenters. The van der Waals surface area contributed by atoms with Crippen molar-refractivity contribution in [3.63, 3.8) is 0 Å². The number of hydrogen-bond donors (Lipinski definition) is 0. The van der Waals surface area contributed by atoms with Gasteiger partial charge >= 0.3 is 0 Å². The van der Waals surface area contributed by atoms with Crippen LogP contribution in [0, 0.1) is 5.82 Å². The molecule has 2 aromatic rings. The lowest BCUT2D eigenvalue weighted by molar-refractivity contribution is 0.623. The van der Waals surface area contributed by atoms with Crippen LogP contribution in [0.3, 0.4) is 0 Å². The highest BCUT2D eigenvalue weighted by molar-refractivity contribution is 5.42. The first-order valence-electron chi connectivity index (χ1n) is 5.98. The van der Waals surface area contributed by atoms with Crippen molar-refractivity contribution in [3.8, 4) is 0 Å². The van der Waals surface area contributed by atoms with Crippen molar-refractivity contribution >= 4 is 0 Å². The Morgan fingerprint density at radius 1 is 1.18 bits per heavy atom. The molecule has 1 aliphatic rings. The molecule has 3 rings (SSSR count). The summed E-state index contributed by atoms with van der Waals surface area (Å²) in [5.74, 6) is 0.0786. The van der Waals surface area contributed by atoms with E-state index in [1.54, 1.807) is 12.1 Å². The predicted molar refractivity (Wildman–Crippen MR) is 65.6 cm³/mol. The molecule has 1 aromatic carbocycles. The smallest absolute Gasteiger partial charge is 0.123 e. The lowest BCUT2D eigenvalue weighted by atomic mass is 9.91. The monoisotopic (exact) mass is 227 g/mol. The molecule has 0 spiro atoms. The fraction of sp³-hybridized carbons (Fsp3) is 0.267. The number of benzene rings is 1. The maximum atomic E-state index is 13.4. The van der Waals surface area contributed by atoms with Crippen molar-refractivity contribution in [3.05, 3.63) is 64.7 Å². The molecule has 1 unspecified atom stereocenters. The predicted octanol–water partition coefficient (Wildman–Crippen LogP) is 3.47. The molecule has 0 amide bonds. The molecule has 0 N–H and O–H groups in total. The Kier molecular flexibility index (Phi) is 2.43. The van der Waals surface area contributed by atoms with Crippen LogP contribution in [0.15, 0.2) is 36.5 Å². The molecule has 0 bridgehead atoms. The number of aromatic nitrogens is 1. The standard InChI is InChI=1S/C15H14FN/c1-10-13-3-2-8-17-15(13)7-5-11-4-6-12(16)9-14(10)11/h2-4,6,8-10H,5,7H2,1H3. The number of nitrogens with zero attached hydrogens (tertiary/aromatic N) is 1. The quantitative estimate of drug-likeness (QED) is 0.671. The topological polar surface area (TPSA) is 12.9 Å². The summed E-state index contributed by atoms with van der Waals surface area (Å²) in [6, 6.07) is 9.19. The van der Waals surface area contributed by atoms with Crippen molar-refractivity contribution in [2.75, 3.05) is 0 Å². The Balaban J connectivity index is 2.18. The normalized spacial score (nSPS) is 18.1. The molecular formula is C15H14FN. The molecule has 0 radical (unpaired) electrons. The van der Waals surface area contributed by atoms with Gasteiger partial charge in [-0.25, -0.2) is 4.39 Å². The molecular weight excluding hydrogens is 213 g/mol. The van der Waals surface area contributed by atoms with Gasteiger partial charge < -0.3 is 0 Å². The number of aryl methyl sites for hydroxylation is 2. The largest absolute Gasteiger partial charge is 0.261 e. The van der Waals surface area contributed by atoms with Gasteiger partial charge in [-0.2, -0.15) is 0 Å². The van der Waals surface area contributed by atoms with Gasteiger partial charge in [-0.3, -0.25) is 4.98 Å². The summed E-state index contributed by atoms with van der Waals surface area (Å²) in [4.78, 5) is 4.44. The van der Waals surface area contributed by atoms with Gasteiger partial charge in [-0.15, -0.1) is 0 Å². The second kappa shape index (κ2) is 3.95. The van der Waals surface area contributed by atoms with Gasteiger partial charge in [-0.1, -0.05) is 19.1 Å². The minimum Gasteiger partial charge on any atom is -0.261 e. The van der Waals surface area contributed by atoms with Crippen LogP contribution in [0.25, 0.3) is 0 Å². The first-order valence-corrected chi connectivity index (χ1v) is 5.98. The summed E-state index contributed by atoms with van der Waals surface area (Å²) in [6.07, 6.45) is 3.73. The fourth-order valence-corrected chi connectivity index (χ4v) is 2.67. The van der Waals surface area contributed by atoms with E-state index in [-0.39, 0.29) is 11.7 Å². The second-order valence-corrected chi connectivity index (χ2v) is 4.60. The zero-order valence-corrected chi connectivity index (χ0v) is 9.78. The Morgan fingerprint density at radius 2 is 2.06 bits per heavy atom. The van der Waals surface area contributed by atoms with E-state index in [9.17, 15) is 4.39 Å². The molecule has 0 fully saturated rings. The summed E-state index contributed by atoms with van der Waals surface area (Å²) in [6.45, 7) is 2.13.